The minimum atomic E-state index is 0.100. The van der Waals surface area contributed by atoms with E-state index in [9.17, 15) is 4.79 Å². The molecule has 0 saturated heterocycles. The van der Waals surface area contributed by atoms with Crippen LogP contribution in [0.4, 0.5) is 0 Å². The van der Waals surface area contributed by atoms with Crippen LogP contribution in [0.25, 0.3) is 0 Å². The molecule has 1 aromatic rings. The standard InChI is InChI=1S/C12H17NO2.C2H6/c1-3-12(14)13-9-8-10-4-6-11(15-2)7-5-10;1-2/h4-7H,3,8-9H2,1-2H3,(H,13,14);1-2H3. The van der Waals surface area contributed by atoms with Gasteiger partial charge >= 0.3 is 0 Å². The highest BCUT2D eigenvalue weighted by Gasteiger charge is 1.97. The van der Waals surface area contributed by atoms with Crippen LogP contribution in [0.1, 0.15) is 32.8 Å². The predicted molar refractivity (Wildman–Crippen MR) is 71.3 cm³/mol. The molecule has 17 heavy (non-hydrogen) atoms. The van der Waals surface area contributed by atoms with Crippen LogP contribution in [-0.4, -0.2) is 19.6 Å². The van der Waals surface area contributed by atoms with Gasteiger partial charge in [0.05, 0.1) is 7.11 Å². The molecule has 0 atom stereocenters. The van der Waals surface area contributed by atoms with Crippen molar-refractivity contribution >= 4 is 5.91 Å². The molecule has 0 aliphatic heterocycles. The molecule has 3 heteroatoms. The predicted octanol–water partition coefficient (Wildman–Crippen LogP) is 2.79. The Morgan fingerprint density at radius 2 is 1.82 bits per heavy atom. The Morgan fingerprint density at radius 1 is 1.24 bits per heavy atom. The molecule has 0 bridgehead atoms. The van der Waals surface area contributed by atoms with Crippen molar-refractivity contribution in [2.75, 3.05) is 13.7 Å². The topological polar surface area (TPSA) is 38.3 Å². The maximum absolute atomic E-state index is 11.0. The van der Waals surface area contributed by atoms with E-state index in [1.54, 1.807) is 7.11 Å². The molecular formula is C14H23NO2. The number of ether oxygens (including phenoxy) is 1. The number of methoxy groups -OCH3 is 1. The molecule has 1 rings (SSSR count). The Hall–Kier alpha value is -1.51. The summed E-state index contributed by atoms with van der Waals surface area (Å²) in [6.45, 7) is 6.54. The van der Waals surface area contributed by atoms with Gasteiger partial charge in [-0.3, -0.25) is 4.79 Å². The quantitative estimate of drug-likeness (QED) is 0.855. The van der Waals surface area contributed by atoms with Crippen LogP contribution < -0.4 is 10.1 Å². The number of carbonyl (C=O) groups is 1. The molecule has 96 valence electrons. The monoisotopic (exact) mass is 237 g/mol. The molecule has 0 aromatic heterocycles. The van der Waals surface area contributed by atoms with Crippen LogP contribution in [0, 0.1) is 0 Å². The van der Waals surface area contributed by atoms with E-state index in [4.69, 9.17) is 4.74 Å². The highest BCUT2D eigenvalue weighted by atomic mass is 16.5. The SMILES string of the molecule is CC.CCC(=O)NCCc1ccc(OC)cc1. The fraction of sp³-hybridized carbons (Fsp3) is 0.500. The first-order valence-electron chi connectivity index (χ1n) is 6.16. The molecule has 1 aromatic carbocycles. The zero-order chi connectivity index (χ0) is 13.1. The first-order valence-corrected chi connectivity index (χ1v) is 6.16. The van der Waals surface area contributed by atoms with Crippen LogP contribution in [0.2, 0.25) is 0 Å². The number of nitrogens with one attached hydrogen (secondary N) is 1. The zero-order valence-corrected chi connectivity index (χ0v) is 11.2. The molecule has 0 spiro atoms. The van der Waals surface area contributed by atoms with Crippen molar-refractivity contribution in [3.63, 3.8) is 0 Å². The summed E-state index contributed by atoms with van der Waals surface area (Å²) in [6.07, 6.45) is 1.40. The summed E-state index contributed by atoms with van der Waals surface area (Å²) in [4.78, 5) is 11.0. The highest BCUT2D eigenvalue weighted by Crippen LogP contribution is 2.11. The Morgan fingerprint density at radius 3 is 2.29 bits per heavy atom. The molecule has 0 aliphatic rings. The third-order valence-electron chi connectivity index (χ3n) is 2.22. The van der Waals surface area contributed by atoms with Crippen molar-refractivity contribution in [3.8, 4) is 5.75 Å². The lowest BCUT2D eigenvalue weighted by atomic mass is 10.1. The van der Waals surface area contributed by atoms with Crippen LogP contribution in [0.15, 0.2) is 24.3 Å². The Balaban J connectivity index is 0.00000121. The highest BCUT2D eigenvalue weighted by molar-refractivity contribution is 5.75. The van der Waals surface area contributed by atoms with E-state index in [0.717, 1.165) is 12.2 Å². The van der Waals surface area contributed by atoms with Crippen LogP contribution in [-0.2, 0) is 11.2 Å². The Labute approximate surface area is 104 Å². The molecule has 0 fully saturated rings. The number of benzene rings is 1. The Bertz CT molecular complexity index is 307. The summed E-state index contributed by atoms with van der Waals surface area (Å²) in [5, 5.41) is 2.84. The molecule has 0 heterocycles. The van der Waals surface area contributed by atoms with Gasteiger partial charge in [-0.15, -0.1) is 0 Å². The average molecular weight is 237 g/mol. The lowest BCUT2D eigenvalue weighted by Crippen LogP contribution is -2.24. The number of amides is 1. The molecule has 0 aliphatic carbocycles. The van der Waals surface area contributed by atoms with Gasteiger partial charge in [-0.2, -0.15) is 0 Å². The van der Waals surface area contributed by atoms with Gasteiger partial charge in [0.1, 0.15) is 5.75 Å². The lowest BCUT2D eigenvalue weighted by Gasteiger charge is -2.04. The van der Waals surface area contributed by atoms with Crippen molar-refractivity contribution < 1.29 is 9.53 Å². The largest absolute Gasteiger partial charge is 0.497 e. The molecular weight excluding hydrogens is 214 g/mol. The van der Waals surface area contributed by atoms with Crippen molar-refractivity contribution in [2.24, 2.45) is 0 Å². The van der Waals surface area contributed by atoms with Crippen molar-refractivity contribution in [3.05, 3.63) is 29.8 Å². The second-order valence-corrected chi connectivity index (χ2v) is 3.30. The van der Waals surface area contributed by atoms with E-state index >= 15 is 0 Å². The summed E-state index contributed by atoms with van der Waals surface area (Å²) in [5.41, 5.74) is 1.20. The normalized spacial score (nSPS) is 8.94. The average Bonchev–Trinajstić information content (AvgIpc) is 2.41. The molecule has 0 saturated carbocycles. The smallest absolute Gasteiger partial charge is 0.219 e. The summed E-state index contributed by atoms with van der Waals surface area (Å²) in [5.74, 6) is 0.958. The summed E-state index contributed by atoms with van der Waals surface area (Å²) in [6, 6.07) is 7.88. The molecule has 1 N–H and O–H groups in total. The van der Waals surface area contributed by atoms with Gasteiger partial charge in [0, 0.05) is 13.0 Å². The van der Waals surface area contributed by atoms with Gasteiger partial charge in [0.2, 0.25) is 5.91 Å². The summed E-state index contributed by atoms with van der Waals surface area (Å²) in [7, 11) is 1.65. The summed E-state index contributed by atoms with van der Waals surface area (Å²) >= 11 is 0. The molecule has 1 amide bonds. The van der Waals surface area contributed by atoms with Crippen LogP contribution in [0.5, 0.6) is 5.75 Å². The first-order chi connectivity index (χ1) is 8.26. The lowest BCUT2D eigenvalue weighted by molar-refractivity contribution is -0.120. The van der Waals surface area contributed by atoms with E-state index in [0.29, 0.717) is 13.0 Å². The third kappa shape index (κ3) is 6.61. The van der Waals surface area contributed by atoms with Gasteiger partial charge in [-0.05, 0) is 24.1 Å². The van der Waals surface area contributed by atoms with E-state index in [-0.39, 0.29) is 5.91 Å². The van der Waals surface area contributed by atoms with E-state index < -0.39 is 0 Å². The van der Waals surface area contributed by atoms with E-state index in [2.05, 4.69) is 5.32 Å². The second-order valence-electron chi connectivity index (χ2n) is 3.30. The Kier molecular flexibility index (Phi) is 8.84. The minimum Gasteiger partial charge on any atom is -0.497 e. The van der Waals surface area contributed by atoms with Gasteiger partial charge in [-0.1, -0.05) is 32.9 Å². The number of rotatable bonds is 5. The fourth-order valence-corrected chi connectivity index (χ4v) is 1.26. The molecule has 0 unspecified atom stereocenters. The van der Waals surface area contributed by atoms with Gasteiger partial charge in [0.25, 0.3) is 0 Å². The van der Waals surface area contributed by atoms with E-state index in [1.165, 1.54) is 5.56 Å². The number of carbonyl (C=O) groups excluding carboxylic acids is 1. The number of hydrogen-bond donors (Lipinski definition) is 1. The van der Waals surface area contributed by atoms with Gasteiger partial charge in [0.15, 0.2) is 0 Å². The van der Waals surface area contributed by atoms with Crippen LogP contribution >= 0.6 is 0 Å². The van der Waals surface area contributed by atoms with Gasteiger partial charge in [-0.25, -0.2) is 0 Å². The zero-order valence-electron chi connectivity index (χ0n) is 11.2. The number of hydrogen-bond acceptors (Lipinski definition) is 2. The molecule has 3 nitrogen and oxygen atoms in total. The maximum atomic E-state index is 11.0. The molecule has 0 radical (unpaired) electrons. The van der Waals surface area contributed by atoms with E-state index in [1.807, 2.05) is 45.0 Å². The fourth-order valence-electron chi connectivity index (χ4n) is 1.26. The first kappa shape index (κ1) is 15.5. The van der Waals surface area contributed by atoms with Crippen LogP contribution in [0.3, 0.4) is 0 Å². The maximum Gasteiger partial charge on any atom is 0.219 e. The van der Waals surface area contributed by atoms with Gasteiger partial charge < -0.3 is 10.1 Å². The van der Waals surface area contributed by atoms with Crippen molar-refractivity contribution in [1.29, 1.82) is 0 Å². The van der Waals surface area contributed by atoms with Crippen molar-refractivity contribution in [1.82, 2.24) is 5.32 Å². The second kappa shape index (κ2) is 9.70. The van der Waals surface area contributed by atoms with Crippen molar-refractivity contribution in [2.45, 2.75) is 33.6 Å². The summed E-state index contributed by atoms with van der Waals surface area (Å²) < 4.78 is 5.06. The third-order valence-corrected chi connectivity index (χ3v) is 2.22. The minimum absolute atomic E-state index is 0.100.